The lowest BCUT2D eigenvalue weighted by molar-refractivity contribution is -0.128. The molecule has 0 unspecified atom stereocenters. The zero-order chi connectivity index (χ0) is 34.0. The van der Waals surface area contributed by atoms with Crippen LogP contribution in [0.4, 0.5) is 4.79 Å². The molecule has 0 aromatic heterocycles. The number of alkyl carbamates (subject to hydrolysis) is 1. The fourth-order valence-electron chi connectivity index (χ4n) is 4.97. The number of nitrogens with one attached hydrogen (secondary N) is 3. The number of ether oxygens (including phenoxy) is 2. The van der Waals surface area contributed by atoms with Crippen LogP contribution in [0.5, 0.6) is 5.75 Å². The molecule has 0 bridgehead atoms. The average molecular weight is 638 g/mol. The van der Waals surface area contributed by atoms with E-state index in [1.807, 2.05) is 36.4 Å². The Morgan fingerprint density at radius 3 is 2.35 bits per heavy atom. The van der Waals surface area contributed by atoms with Gasteiger partial charge in [-0.3, -0.25) is 14.4 Å². The molecule has 3 N–H and O–H groups in total. The normalized spacial score (nSPS) is 18.4. The molecular weight excluding hydrogens is 582 g/mol. The van der Waals surface area contributed by atoms with Gasteiger partial charge in [0.1, 0.15) is 16.9 Å². The number of benzene rings is 1. The van der Waals surface area contributed by atoms with Gasteiger partial charge in [-0.05, 0) is 109 Å². The first-order valence-corrected chi connectivity index (χ1v) is 16.8. The molecular formula is C37H55N3O6. The highest BCUT2D eigenvalue weighted by Crippen LogP contribution is 2.52. The molecule has 9 heteroatoms. The summed E-state index contributed by atoms with van der Waals surface area (Å²) in [6.07, 6.45) is 18.0. The standard InChI is InChI=1S/C37H55N3O6/c1-7-9-11-12-13-18-33(42)40-37(27-32(37)29-20-23-31(24-21-29)45-26-16-10-8-2)34(43)39-30(22-19-28(3)41)17-14-15-25-38-35(44)46-36(4,5)6/h13,16,18-24,26,30,32H,7-12,14-15,17,25,27H2,1-6H3,(H,38,44)(H,39,43)(H,40,42)/b18-13+,22-19+,26-16+/t30-,32-,37+/m0/s1. The number of carbonyl (C=O) groups is 4. The predicted octanol–water partition coefficient (Wildman–Crippen LogP) is 7.18. The quantitative estimate of drug-likeness (QED) is 0.0791. The van der Waals surface area contributed by atoms with E-state index in [0.717, 1.165) is 44.1 Å². The lowest BCUT2D eigenvalue weighted by Crippen LogP contribution is -2.52. The molecule has 9 nitrogen and oxygen atoms in total. The fourth-order valence-corrected chi connectivity index (χ4v) is 4.97. The summed E-state index contributed by atoms with van der Waals surface area (Å²) < 4.78 is 11.0. The van der Waals surface area contributed by atoms with Gasteiger partial charge < -0.3 is 25.4 Å². The summed E-state index contributed by atoms with van der Waals surface area (Å²) in [5.41, 5.74) is -0.763. The summed E-state index contributed by atoms with van der Waals surface area (Å²) in [5.74, 6) is -0.248. The Labute approximate surface area is 275 Å². The van der Waals surface area contributed by atoms with E-state index in [1.165, 1.54) is 19.1 Å². The first-order valence-electron chi connectivity index (χ1n) is 16.8. The van der Waals surface area contributed by atoms with Crippen molar-refractivity contribution in [3.05, 3.63) is 66.5 Å². The van der Waals surface area contributed by atoms with E-state index in [-0.39, 0.29) is 23.5 Å². The number of allylic oxidation sites excluding steroid dienone is 3. The van der Waals surface area contributed by atoms with Crippen molar-refractivity contribution in [1.29, 1.82) is 0 Å². The predicted molar refractivity (Wildman–Crippen MR) is 182 cm³/mol. The second kappa shape index (κ2) is 19.6. The Balaban J connectivity index is 2.13. The zero-order valence-corrected chi connectivity index (χ0v) is 28.7. The summed E-state index contributed by atoms with van der Waals surface area (Å²) in [6.45, 7) is 11.5. The Kier molecular flexibility index (Phi) is 16.3. The second-order valence-corrected chi connectivity index (χ2v) is 12.9. The lowest BCUT2D eigenvalue weighted by atomic mass is 10.0. The molecule has 1 aliphatic carbocycles. The van der Waals surface area contributed by atoms with Crippen LogP contribution in [0, 0.1) is 0 Å². The van der Waals surface area contributed by atoms with E-state index in [9.17, 15) is 19.2 Å². The first kappa shape index (κ1) is 38.3. The highest BCUT2D eigenvalue weighted by molar-refractivity contribution is 5.99. The third-order valence-corrected chi connectivity index (χ3v) is 7.48. The van der Waals surface area contributed by atoms with E-state index < -0.39 is 23.3 Å². The minimum Gasteiger partial charge on any atom is -0.465 e. The number of hydrogen-bond donors (Lipinski definition) is 3. The molecule has 1 aliphatic rings. The second-order valence-electron chi connectivity index (χ2n) is 12.9. The molecule has 0 radical (unpaired) electrons. The molecule has 1 aromatic rings. The average Bonchev–Trinajstić information content (AvgIpc) is 3.72. The van der Waals surface area contributed by atoms with E-state index >= 15 is 0 Å². The van der Waals surface area contributed by atoms with Crippen molar-refractivity contribution in [2.75, 3.05) is 6.54 Å². The number of unbranched alkanes of at least 4 members (excludes halogenated alkanes) is 5. The Bertz CT molecular complexity index is 1210. The van der Waals surface area contributed by atoms with Crippen LogP contribution < -0.4 is 20.7 Å². The molecule has 2 rings (SSSR count). The lowest BCUT2D eigenvalue weighted by Gasteiger charge is -2.23. The van der Waals surface area contributed by atoms with Gasteiger partial charge in [0, 0.05) is 18.5 Å². The van der Waals surface area contributed by atoms with E-state index in [0.29, 0.717) is 38.0 Å². The maximum Gasteiger partial charge on any atom is 0.407 e. The fraction of sp³-hybridized carbons (Fsp3) is 0.568. The molecule has 0 saturated heterocycles. The Morgan fingerprint density at radius 1 is 0.957 bits per heavy atom. The molecule has 0 spiro atoms. The minimum atomic E-state index is -1.12. The molecule has 254 valence electrons. The summed E-state index contributed by atoms with van der Waals surface area (Å²) in [6, 6.07) is 7.17. The van der Waals surface area contributed by atoms with Gasteiger partial charge in [-0.1, -0.05) is 57.4 Å². The van der Waals surface area contributed by atoms with Crippen LogP contribution in [0.3, 0.4) is 0 Å². The van der Waals surface area contributed by atoms with Gasteiger partial charge in [0.05, 0.1) is 6.26 Å². The molecule has 3 amide bonds. The summed E-state index contributed by atoms with van der Waals surface area (Å²) in [4.78, 5) is 50.6. The maximum absolute atomic E-state index is 13.9. The zero-order valence-electron chi connectivity index (χ0n) is 28.7. The van der Waals surface area contributed by atoms with E-state index in [4.69, 9.17) is 9.47 Å². The number of carbonyl (C=O) groups excluding carboxylic acids is 4. The first-order chi connectivity index (χ1) is 21.9. The molecule has 0 aliphatic heterocycles. The highest BCUT2D eigenvalue weighted by atomic mass is 16.6. The Morgan fingerprint density at radius 2 is 1.70 bits per heavy atom. The highest BCUT2D eigenvalue weighted by Gasteiger charge is 2.61. The largest absolute Gasteiger partial charge is 0.465 e. The monoisotopic (exact) mass is 637 g/mol. The van der Waals surface area contributed by atoms with E-state index in [2.05, 4.69) is 29.8 Å². The third kappa shape index (κ3) is 14.5. The molecule has 1 aromatic carbocycles. The molecule has 1 saturated carbocycles. The smallest absolute Gasteiger partial charge is 0.407 e. The molecule has 1 fully saturated rings. The molecule has 3 atom stereocenters. The van der Waals surface area contributed by atoms with Gasteiger partial charge in [-0.15, -0.1) is 0 Å². The van der Waals surface area contributed by atoms with Gasteiger partial charge in [-0.25, -0.2) is 4.79 Å². The van der Waals surface area contributed by atoms with Gasteiger partial charge in [0.2, 0.25) is 11.8 Å². The topological polar surface area (TPSA) is 123 Å². The number of hydrogen-bond acceptors (Lipinski definition) is 6. The van der Waals surface area contributed by atoms with Crippen molar-refractivity contribution in [1.82, 2.24) is 16.0 Å². The van der Waals surface area contributed by atoms with Crippen molar-refractivity contribution < 1.29 is 28.7 Å². The Hall–Kier alpha value is -3.88. The maximum atomic E-state index is 13.9. The van der Waals surface area contributed by atoms with Gasteiger partial charge in [0.15, 0.2) is 5.78 Å². The number of amides is 3. The minimum absolute atomic E-state index is 0.127. The number of ketones is 1. The van der Waals surface area contributed by atoms with Gasteiger partial charge in [-0.2, -0.15) is 0 Å². The summed E-state index contributed by atoms with van der Waals surface area (Å²) in [5, 5.41) is 8.84. The number of rotatable bonds is 20. The third-order valence-electron chi connectivity index (χ3n) is 7.48. The van der Waals surface area contributed by atoms with Crippen molar-refractivity contribution >= 4 is 23.7 Å². The van der Waals surface area contributed by atoms with Crippen LogP contribution in [0.1, 0.15) is 117 Å². The van der Waals surface area contributed by atoms with Gasteiger partial charge >= 0.3 is 6.09 Å². The van der Waals surface area contributed by atoms with Crippen molar-refractivity contribution in [2.24, 2.45) is 0 Å². The van der Waals surface area contributed by atoms with Crippen molar-refractivity contribution in [3.8, 4) is 5.75 Å². The van der Waals surface area contributed by atoms with Crippen LogP contribution in [0.15, 0.2) is 60.9 Å². The summed E-state index contributed by atoms with van der Waals surface area (Å²) in [7, 11) is 0. The van der Waals surface area contributed by atoms with Crippen LogP contribution >= 0.6 is 0 Å². The van der Waals surface area contributed by atoms with Crippen LogP contribution in [0.2, 0.25) is 0 Å². The van der Waals surface area contributed by atoms with Gasteiger partial charge in [0.25, 0.3) is 0 Å². The SMILES string of the molecule is CCC/C=C/Oc1ccc([C@@H]2C[C@]2(NC(=O)/C=C/CCCCC)C(=O)N[C@H](/C=C/C(C)=O)CCCCNC(=O)OC(C)(C)C)cc1. The van der Waals surface area contributed by atoms with Crippen LogP contribution in [-0.4, -0.2) is 47.4 Å². The summed E-state index contributed by atoms with van der Waals surface area (Å²) >= 11 is 0. The van der Waals surface area contributed by atoms with Crippen LogP contribution in [-0.2, 0) is 19.1 Å². The van der Waals surface area contributed by atoms with Crippen LogP contribution in [0.25, 0.3) is 0 Å². The molecule has 46 heavy (non-hydrogen) atoms. The van der Waals surface area contributed by atoms with E-state index in [1.54, 1.807) is 33.1 Å². The molecule has 0 heterocycles. The van der Waals surface area contributed by atoms with Crippen molar-refractivity contribution in [2.45, 2.75) is 129 Å². The van der Waals surface area contributed by atoms with Crippen molar-refractivity contribution in [3.63, 3.8) is 0 Å².